The van der Waals surface area contributed by atoms with E-state index >= 15 is 0 Å². The molecule has 2 atom stereocenters. The third-order valence-corrected chi connectivity index (χ3v) is 9.65. The Kier molecular flexibility index (Phi) is 7.62. The van der Waals surface area contributed by atoms with Gasteiger partial charge in [-0.05, 0) is 49.4 Å². The Morgan fingerprint density at radius 3 is 2.23 bits per heavy atom. The summed E-state index contributed by atoms with van der Waals surface area (Å²) in [6, 6.07) is 10.8. The summed E-state index contributed by atoms with van der Waals surface area (Å²) < 4.78 is 0. The smallest absolute Gasteiger partial charge is 0.254 e. The Morgan fingerprint density at radius 2 is 1.54 bits per heavy atom. The number of carbonyl (C=O) groups excluding carboxylic acids is 2. The Morgan fingerprint density at radius 1 is 0.872 bits per heavy atom. The lowest BCUT2D eigenvalue weighted by molar-refractivity contribution is -0.148. The molecule has 3 N–H and O–H groups in total. The largest absolute Gasteiger partial charge is 0.380 e. The maximum absolute atomic E-state index is 13.8. The van der Waals surface area contributed by atoms with Gasteiger partial charge >= 0.3 is 0 Å². The molecule has 2 aliphatic heterocycles. The molecule has 6 rings (SSSR count). The molecule has 0 radical (unpaired) electrons. The first kappa shape index (κ1) is 26.7. The number of nitrogens with one attached hydrogen (secondary N) is 2. The van der Waals surface area contributed by atoms with Crippen LogP contribution in [0.2, 0.25) is 0 Å². The SMILES string of the molecule is O=C(C1NCC(c2ccc3ncccc3c2)C2(CCCCCCCCC2)N1)N1CCN(C(=O)C2(O)CC2)CC1. The summed E-state index contributed by atoms with van der Waals surface area (Å²) in [6.45, 7) is 2.74. The van der Waals surface area contributed by atoms with Crippen LogP contribution in [-0.4, -0.2) is 81.7 Å². The Balaban J connectivity index is 1.21. The molecule has 2 saturated heterocycles. The summed E-state index contributed by atoms with van der Waals surface area (Å²) in [6.07, 6.45) is 13.4. The summed E-state index contributed by atoms with van der Waals surface area (Å²) >= 11 is 0. The van der Waals surface area contributed by atoms with Gasteiger partial charge in [0.15, 0.2) is 0 Å². The number of aliphatic hydroxyl groups is 1. The molecule has 2 amide bonds. The minimum absolute atomic E-state index is 0.0739. The summed E-state index contributed by atoms with van der Waals surface area (Å²) in [7, 11) is 0. The molecule has 2 aromatic rings. The molecule has 210 valence electrons. The van der Waals surface area contributed by atoms with Gasteiger partial charge in [-0.1, -0.05) is 57.1 Å². The van der Waals surface area contributed by atoms with Crippen molar-refractivity contribution in [2.75, 3.05) is 32.7 Å². The lowest BCUT2D eigenvalue weighted by Crippen LogP contribution is -2.70. The van der Waals surface area contributed by atoms with Crippen molar-refractivity contribution >= 4 is 22.7 Å². The van der Waals surface area contributed by atoms with Gasteiger partial charge in [0.2, 0.25) is 0 Å². The van der Waals surface area contributed by atoms with Crippen molar-refractivity contribution in [1.29, 1.82) is 0 Å². The summed E-state index contributed by atoms with van der Waals surface area (Å²) in [4.78, 5) is 34.5. The number of benzene rings is 1. The zero-order valence-electron chi connectivity index (χ0n) is 23.0. The third-order valence-electron chi connectivity index (χ3n) is 9.65. The van der Waals surface area contributed by atoms with Crippen LogP contribution in [0.4, 0.5) is 0 Å². The van der Waals surface area contributed by atoms with Crippen molar-refractivity contribution in [2.45, 2.75) is 93.9 Å². The van der Waals surface area contributed by atoms with E-state index < -0.39 is 11.8 Å². The minimum atomic E-state index is -1.14. The van der Waals surface area contributed by atoms with Gasteiger partial charge < -0.3 is 14.9 Å². The van der Waals surface area contributed by atoms with Crippen LogP contribution >= 0.6 is 0 Å². The number of aromatic nitrogens is 1. The predicted octanol–water partition coefficient (Wildman–Crippen LogP) is 3.30. The van der Waals surface area contributed by atoms with E-state index in [9.17, 15) is 14.7 Å². The number of piperazine rings is 1. The van der Waals surface area contributed by atoms with Crippen molar-refractivity contribution in [1.82, 2.24) is 25.4 Å². The molecule has 0 bridgehead atoms. The summed E-state index contributed by atoms with van der Waals surface area (Å²) in [5, 5.41) is 18.9. The minimum Gasteiger partial charge on any atom is -0.380 e. The summed E-state index contributed by atoms with van der Waals surface area (Å²) in [5.74, 6) is 0.168. The normalized spacial score (nSPS) is 27.3. The molecular formula is C31H43N5O3. The van der Waals surface area contributed by atoms with Crippen LogP contribution in [0.1, 0.15) is 82.1 Å². The molecule has 2 saturated carbocycles. The average molecular weight is 534 g/mol. The number of nitrogens with zero attached hydrogens (tertiary/aromatic N) is 3. The van der Waals surface area contributed by atoms with Gasteiger partial charge in [-0.15, -0.1) is 0 Å². The molecular weight excluding hydrogens is 490 g/mol. The molecule has 8 nitrogen and oxygen atoms in total. The molecule has 1 aromatic heterocycles. The first-order chi connectivity index (χ1) is 19.0. The van der Waals surface area contributed by atoms with Crippen molar-refractivity contribution in [2.24, 2.45) is 0 Å². The number of fused-ring (bicyclic) bond motifs is 1. The molecule has 2 aliphatic carbocycles. The topological polar surface area (TPSA) is 97.8 Å². The number of rotatable bonds is 3. The first-order valence-electron chi connectivity index (χ1n) is 15.1. The molecule has 2 unspecified atom stereocenters. The van der Waals surface area contributed by atoms with Crippen LogP contribution in [0, 0.1) is 0 Å². The fourth-order valence-electron chi connectivity index (χ4n) is 7.09. The van der Waals surface area contributed by atoms with Crippen LogP contribution in [0.15, 0.2) is 36.5 Å². The van der Waals surface area contributed by atoms with Crippen LogP contribution in [-0.2, 0) is 9.59 Å². The molecule has 3 heterocycles. The zero-order valence-corrected chi connectivity index (χ0v) is 23.0. The molecule has 39 heavy (non-hydrogen) atoms. The third kappa shape index (κ3) is 5.56. The van der Waals surface area contributed by atoms with E-state index in [1.165, 1.54) is 50.5 Å². The quantitative estimate of drug-likeness (QED) is 0.560. The highest BCUT2D eigenvalue weighted by atomic mass is 16.3. The van der Waals surface area contributed by atoms with Gasteiger partial charge in [0, 0.05) is 55.8 Å². The number of carbonyl (C=O) groups is 2. The number of hydrogen-bond donors (Lipinski definition) is 3. The highest BCUT2D eigenvalue weighted by Gasteiger charge is 2.51. The number of amides is 2. The lowest BCUT2D eigenvalue weighted by atomic mass is 9.70. The maximum atomic E-state index is 13.8. The second-order valence-corrected chi connectivity index (χ2v) is 12.3. The second kappa shape index (κ2) is 11.1. The summed E-state index contributed by atoms with van der Waals surface area (Å²) in [5.41, 5.74) is 1.03. The Bertz CT molecular complexity index is 1180. The van der Waals surface area contributed by atoms with Gasteiger partial charge in [-0.25, -0.2) is 0 Å². The van der Waals surface area contributed by atoms with Crippen molar-refractivity contribution in [3.8, 4) is 0 Å². The van der Waals surface area contributed by atoms with Crippen molar-refractivity contribution in [3.63, 3.8) is 0 Å². The molecule has 4 aliphatic rings. The van der Waals surface area contributed by atoms with Gasteiger partial charge in [0.1, 0.15) is 11.8 Å². The van der Waals surface area contributed by atoms with Crippen LogP contribution < -0.4 is 10.6 Å². The van der Waals surface area contributed by atoms with Gasteiger partial charge in [-0.3, -0.25) is 25.2 Å². The molecule has 4 fully saturated rings. The fraction of sp³-hybridized carbons (Fsp3) is 0.645. The van der Waals surface area contributed by atoms with Crippen molar-refractivity contribution in [3.05, 3.63) is 42.1 Å². The molecule has 1 spiro atoms. The highest BCUT2D eigenvalue weighted by molar-refractivity contribution is 5.88. The Hall–Kier alpha value is -2.55. The Labute approximate surface area is 231 Å². The number of pyridine rings is 1. The van der Waals surface area contributed by atoms with E-state index in [0.717, 1.165) is 30.3 Å². The second-order valence-electron chi connectivity index (χ2n) is 12.3. The van der Waals surface area contributed by atoms with E-state index in [-0.39, 0.29) is 23.3 Å². The molecule has 1 aromatic carbocycles. The van der Waals surface area contributed by atoms with Crippen molar-refractivity contribution < 1.29 is 14.7 Å². The molecule has 8 heteroatoms. The standard InChI is InChI=1S/C31H43N5O3/c37-28(35-17-19-36(20-18-35)29(38)31(39)14-15-31)27-33-22-25(23-10-11-26-24(21-23)9-8-16-32-26)30(34-27)12-6-4-2-1-3-5-7-13-30/h8-11,16,21,25,27,33-34,39H,1-7,12-15,17-20,22H2. The van der Waals surface area contributed by atoms with E-state index in [2.05, 4.69) is 39.9 Å². The highest BCUT2D eigenvalue weighted by Crippen LogP contribution is 2.41. The monoisotopic (exact) mass is 533 g/mol. The average Bonchev–Trinajstić information content (AvgIpc) is 3.74. The fourth-order valence-corrected chi connectivity index (χ4v) is 7.09. The van der Waals surface area contributed by atoms with Gasteiger partial charge in [0.05, 0.1) is 5.52 Å². The van der Waals surface area contributed by atoms with Crippen LogP contribution in [0.5, 0.6) is 0 Å². The van der Waals surface area contributed by atoms with Gasteiger partial charge in [-0.2, -0.15) is 0 Å². The van der Waals surface area contributed by atoms with Gasteiger partial charge in [0.25, 0.3) is 11.8 Å². The van der Waals surface area contributed by atoms with E-state index in [0.29, 0.717) is 39.0 Å². The van der Waals surface area contributed by atoms with E-state index in [1.54, 1.807) is 4.90 Å². The van der Waals surface area contributed by atoms with E-state index in [4.69, 9.17) is 0 Å². The van der Waals surface area contributed by atoms with Crippen LogP contribution in [0.3, 0.4) is 0 Å². The first-order valence-corrected chi connectivity index (χ1v) is 15.1. The zero-order chi connectivity index (χ0) is 26.9. The maximum Gasteiger partial charge on any atom is 0.254 e. The lowest BCUT2D eigenvalue weighted by Gasteiger charge is -2.50. The van der Waals surface area contributed by atoms with E-state index in [1.807, 2.05) is 17.2 Å². The number of hydrogen-bond acceptors (Lipinski definition) is 6. The van der Waals surface area contributed by atoms with Crippen LogP contribution in [0.25, 0.3) is 10.9 Å². The predicted molar refractivity (Wildman–Crippen MR) is 151 cm³/mol.